The Morgan fingerprint density at radius 1 is 1.26 bits per heavy atom. The number of carbonyl (C=O) groups excluding carboxylic acids is 3. The standard InChI is InChI=1S/C18H18N2O7/c1-4-27-18(23)14-10(2)19-12(9-21)16(17(22)26-3)15(14)11-7-5-6-8-13(11)20(24)25/h5-9,15,19H,4H2,1-3H3. The number of nitro benzene ring substituents is 1. The van der Waals surface area contributed by atoms with E-state index < -0.39 is 22.8 Å². The first kappa shape index (κ1) is 19.8. The van der Waals surface area contributed by atoms with Crippen molar-refractivity contribution in [3.8, 4) is 0 Å². The molecule has 1 unspecified atom stereocenters. The van der Waals surface area contributed by atoms with Crippen LogP contribution in [0.4, 0.5) is 5.69 Å². The van der Waals surface area contributed by atoms with Gasteiger partial charge in [-0.05, 0) is 13.8 Å². The molecule has 1 aliphatic rings. The number of hydrogen-bond acceptors (Lipinski definition) is 8. The molecule has 27 heavy (non-hydrogen) atoms. The fourth-order valence-electron chi connectivity index (χ4n) is 2.97. The van der Waals surface area contributed by atoms with Crippen LogP contribution >= 0.6 is 0 Å². The molecule has 0 fully saturated rings. The first-order valence-electron chi connectivity index (χ1n) is 8.03. The smallest absolute Gasteiger partial charge is 0.336 e. The first-order valence-corrected chi connectivity index (χ1v) is 8.03. The lowest BCUT2D eigenvalue weighted by atomic mass is 9.79. The van der Waals surface area contributed by atoms with Crippen LogP contribution in [0.1, 0.15) is 25.3 Å². The minimum Gasteiger partial charge on any atom is -0.466 e. The van der Waals surface area contributed by atoms with E-state index in [1.54, 1.807) is 6.92 Å². The van der Waals surface area contributed by atoms with E-state index in [9.17, 15) is 24.5 Å². The summed E-state index contributed by atoms with van der Waals surface area (Å²) in [5, 5.41) is 14.2. The fourth-order valence-corrected chi connectivity index (χ4v) is 2.97. The molecular formula is C18H18N2O7. The van der Waals surface area contributed by atoms with Gasteiger partial charge in [0.2, 0.25) is 0 Å². The van der Waals surface area contributed by atoms with Gasteiger partial charge in [0, 0.05) is 17.3 Å². The summed E-state index contributed by atoms with van der Waals surface area (Å²) in [5.41, 5.74) is -0.300. The normalized spacial score (nSPS) is 16.5. The predicted molar refractivity (Wildman–Crippen MR) is 93.4 cm³/mol. The third kappa shape index (κ3) is 3.71. The number of aldehydes is 1. The molecular weight excluding hydrogens is 356 g/mol. The van der Waals surface area contributed by atoms with Crippen molar-refractivity contribution in [1.82, 2.24) is 5.32 Å². The van der Waals surface area contributed by atoms with Crippen LogP contribution in [0.3, 0.4) is 0 Å². The second-order valence-corrected chi connectivity index (χ2v) is 5.57. The van der Waals surface area contributed by atoms with E-state index in [0.717, 1.165) is 7.11 Å². The van der Waals surface area contributed by atoms with Crippen LogP contribution in [-0.2, 0) is 23.9 Å². The molecule has 1 atom stereocenters. The first-order chi connectivity index (χ1) is 12.9. The van der Waals surface area contributed by atoms with Crippen molar-refractivity contribution in [2.45, 2.75) is 19.8 Å². The summed E-state index contributed by atoms with van der Waals surface area (Å²) in [6, 6.07) is 5.68. The van der Waals surface area contributed by atoms with Gasteiger partial charge in [0.05, 0.1) is 41.4 Å². The third-order valence-corrected chi connectivity index (χ3v) is 4.06. The summed E-state index contributed by atoms with van der Waals surface area (Å²) in [5.74, 6) is -2.83. The van der Waals surface area contributed by atoms with Gasteiger partial charge in [0.1, 0.15) is 0 Å². The summed E-state index contributed by atoms with van der Waals surface area (Å²) in [6.07, 6.45) is 0.402. The average molecular weight is 374 g/mol. The van der Waals surface area contributed by atoms with Crippen molar-refractivity contribution in [2.24, 2.45) is 0 Å². The van der Waals surface area contributed by atoms with Gasteiger partial charge in [-0.1, -0.05) is 18.2 Å². The number of hydrogen-bond donors (Lipinski definition) is 1. The van der Waals surface area contributed by atoms with Crippen molar-refractivity contribution in [1.29, 1.82) is 0 Å². The Hall–Kier alpha value is -3.49. The number of nitro groups is 1. The molecule has 1 aromatic rings. The summed E-state index contributed by atoms with van der Waals surface area (Å²) < 4.78 is 9.82. The van der Waals surface area contributed by atoms with Gasteiger partial charge in [-0.15, -0.1) is 0 Å². The molecule has 9 nitrogen and oxygen atoms in total. The zero-order chi connectivity index (χ0) is 20.1. The second-order valence-electron chi connectivity index (χ2n) is 5.57. The lowest BCUT2D eigenvalue weighted by Crippen LogP contribution is -2.33. The minimum atomic E-state index is -1.19. The third-order valence-electron chi connectivity index (χ3n) is 4.06. The summed E-state index contributed by atoms with van der Waals surface area (Å²) in [7, 11) is 1.11. The number of carbonyl (C=O) groups is 3. The number of nitrogens with one attached hydrogen (secondary N) is 1. The molecule has 1 heterocycles. The van der Waals surface area contributed by atoms with Gasteiger partial charge in [-0.25, -0.2) is 9.59 Å². The molecule has 9 heteroatoms. The fraction of sp³-hybridized carbons (Fsp3) is 0.278. The van der Waals surface area contributed by atoms with Crippen LogP contribution in [0, 0.1) is 10.1 Å². The maximum Gasteiger partial charge on any atom is 0.336 e. The topological polar surface area (TPSA) is 125 Å². The molecule has 1 aromatic carbocycles. The minimum absolute atomic E-state index is 0.00264. The zero-order valence-electron chi connectivity index (χ0n) is 15.0. The quantitative estimate of drug-likeness (QED) is 0.345. The van der Waals surface area contributed by atoms with Crippen LogP contribution in [-0.4, -0.2) is 36.9 Å². The number of dihydropyridines is 1. The van der Waals surface area contributed by atoms with Crippen molar-refractivity contribution in [2.75, 3.05) is 13.7 Å². The predicted octanol–water partition coefficient (Wildman–Crippen LogP) is 1.74. The Kier molecular flexibility index (Phi) is 6.07. The number of ether oxygens (including phenoxy) is 2. The van der Waals surface area contributed by atoms with Gasteiger partial charge in [0.25, 0.3) is 5.69 Å². The molecule has 1 N–H and O–H groups in total. The maximum absolute atomic E-state index is 12.6. The van der Waals surface area contributed by atoms with E-state index in [0.29, 0.717) is 6.29 Å². The lowest BCUT2D eigenvalue weighted by molar-refractivity contribution is -0.385. The molecule has 0 radical (unpaired) electrons. The number of para-hydroxylation sites is 1. The van der Waals surface area contributed by atoms with Gasteiger partial charge in [0.15, 0.2) is 6.29 Å². The highest BCUT2D eigenvalue weighted by Gasteiger charge is 2.41. The van der Waals surface area contributed by atoms with E-state index >= 15 is 0 Å². The lowest BCUT2D eigenvalue weighted by Gasteiger charge is -2.29. The molecule has 0 aromatic heterocycles. The highest BCUT2D eigenvalue weighted by atomic mass is 16.6. The van der Waals surface area contributed by atoms with Gasteiger partial charge >= 0.3 is 11.9 Å². The van der Waals surface area contributed by atoms with E-state index in [4.69, 9.17) is 9.47 Å². The number of allylic oxidation sites excluding steroid dienone is 2. The number of esters is 2. The number of rotatable bonds is 6. The largest absolute Gasteiger partial charge is 0.466 e. The van der Waals surface area contributed by atoms with Gasteiger partial charge < -0.3 is 14.8 Å². The highest BCUT2D eigenvalue weighted by Crippen LogP contribution is 2.42. The van der Waals surface area contributed by atoms with Crippen LogP contribution in [0.5, 0.6) is 0 Å². The van der Waals surface area contributed by atoms with Gasteiger partial charge in [-0.3, -0.25) is 14.9 Å². The Morgan fingerprint density at radius 2 is 1.93 bits per heavy atom. The molecule has 2 rings (SSSR count). The molecule has 0 saturated carbocycles. The van der Waals surface area contributed by atoms with Crippen LogP contribution in [0.2, 0.25) is 0 Å². The summed E-state index contributed by atoms with van der Waals surface area (Å²) in [4.78, 5) is 47.4. The Labute approximate surface area is 154 Å². The van der Waals surface area contributed by atoms with E-state index in [1.165, 1.54) is 31.2 Å². The molecule has 142 valence electrons. The molecule has 1 aliphatic heterocycles. The van der Waals surface area contributed by atoms with Crippen LogP contribution < -0.4 is 5.32 Å². The average Bonchev–Trinajstić information content (AvgIpc) is 2.66. The summed E-state index contributed by atoms with van der Waals surface area (Å²) >= 11 is 0. The molecule has 0 saturated heterocycles. The Balaban J connectivity index is 2.83. The zero-order valence-corrected chi connectivity index (χ0v) is 15.0. The van der Waals surface area contributed by atoms with Crippen molar-refractivity contribution in [3.63, 3.8) is 0 Å². The molecule has 0 spiro atoms. The molecule has 0 amide bonds. The number of nitrogens with zero attached hydrogens (tertiary/aromatic N) is 1. The van der Waals surface area contributed by atoms with E-state index in [1.807, 2.05) is 0 Å². The number of methoxy groups -OCH3 is 1. The second kappa shape index (κ2) is 8.26. The van der Waals surface area contributed by atoms with Crippen LogP contribution in [0.25, 0.3) is 0 Å². The van der Waals surface area contributed by atoms with Crippen molar-refractivity contribution < 1.29 is 28.8 Å². The molecule has 0 bridgehead atoms. The Bertz CT molecular complexity index is 870. The van der Waals surface area contributed by atoms with E-state index in [-0.39, 0.29) is 40.4 Å². The maximum atomic E-state index is 12.6. The van der Waals surface area contributed by atoms with E-state index in [2.05, 4.69) is 5.32 Å². The van der Waals surface area contributed by atoms with Gasteiger partial charge in [-0.2, -0.15) is 0 Å². The number of benzene rings is 1. The molecule has 0 aliphatic carbocycles. The highest BCUT2D eigenvalue weighted by molar-refractivity contribution is 6.03. The summed E-state index contributed by atoms with van der Waals surface area (Å²) in [6.45, 7) is 3.19. The van der Waals surface area contributed by atoms with Crippen LogP contribution in [0.15, 0.2) is 46.8 Å². The van der Waals surface area contributed by atoms with Crippen molar-refractivity contribution in [3.05, 3.63) is 62.5 Å². The monoisotopic (exact) mass is 374 g/mol. The SMILES string of the molecule is CCOC(=O)C1=C(C)NC(C=O)=C(C(=O)OC)C1c1ccccc1[N+](=O)[O-]. The van der Waals surface area contributed by atoms with Crippen molar-refractivity contribution >= 4 is 23.9 Å². The Morgan fingerprint density at radius 3 is 2.48 bits per heavy atom.